The van der Waals surface area contributed by atoms with E-state index in [0.717, 1.165) is 47.6 Å². The first-order chi connectivity index (χ1) is 14.0. The van der Waals surface area contributed by atoms with Crippen LogP contribution in [0.3, 0.4) is 0 Å². The Labute approximate surface area is 176 Å². The van der Waals surface area contributed by atoms with Crippen LogP contribution in [0.25, 0.3) is 0 Å². The fourth-order valence-corrected chi connectivity index (χ4v) is 5.05. The van der Waals surface area contributed by atoms with Gasteiger partial charge < -0.3 is 15.0 Å². The lowest BCUT2D eigenvalue weighted by atomic mass is 9.89. The van der Waals surface area contributed by atoms with E-state index in [2.05, 4.69) is 24.9 Å². The van der Waals surface area contributed by atoms with Crippen LogP contribution in [-0.4, -0.2) is 26.1 Å². The van der Waals surface area contributed by atoms with Gasteiger partial charge in [0.1, 0.15) is 30.0 Å². The number of thiophene rings is 1. The van der Waals surface area contributed by atoms with Crippen LogP contribution in [0.5, 0.6) is 5.75 Å². The molecule has 2 N–H and O–H groups in total. The van der Waals surface area contributed by atoms with Crippen molar-refractivity contribution in [2.45, 2.75) is 32.7 Å². The number of fused-ring (bicyclic) bond motifs is 1. The SMILES string of the molecule is C=CCOc1ccc(C[NH+](C)CC(=O)Nc2sc3c(c2C#N)CC[C@H](C)C3)cc1. The summed E-state index contributed by atoms with van der Waals surface area (Å²) in [6.07, 6.45) is 4.76. The van der Waals surface area contributed by atoms with Gasteiger partial charge in [-0.3, -0.25) is 4.79 Å². The topological polar surface area (TPSA) is 66.6 Å². The zero-order chi connectivity index (χ0) is 20.8. The number of benzene rings is 1. The lowest BCUT2D eigenvalue weighted by molar-refractivity contribution is -0.885. The highest BCUT2D eigenvalue weighted by Crippen LogP contribution is 2.39. The van der Waals surface area contributed by atoms with E-state index in [9.17, 15) is 10.1 Å². The number of likely N-dealkylation sites (N-methyl/N-ethyl adjacent to an activating group) is 1. The molecular weight excluding hydrogens is 382 g/mol. The summed E-state index contributed by atoms with van der Waals surface area (Å²) < 4.78 is 5.49. The number of anilines is 1. The van der Waals surface area contributed by atoms with Gasteiger partial charge in [-0.05, 0) is 55.0 Å². The third kappa shape index (κ3) is 5.47. The molecule has 1 amide bonds. The number of ether oxygens (including phenoxy) is 1. The minimum atomic E-state index is -0.0587. The molecule has 2 aromatic rings. The van der Waals surface area contributed by atoms with E-state index in [-0.39, 0.29) is 5.91 Å². The number of nitrogens with zero attached hydrogens (tertiary/aromatic N) is 1. The fraction of sp³-hybridized carbons (Fsp3) is 0.391. The molecule has 6 heteroatoms. The van der Waals surface area contributed by atoms with Crippen LogP contribution in [0.15, 0.2) is 36.9 Å². The number of hydrogen-bond donors (Lipinski definition) is 2. The first-order valence-electron chi connectivity index (χ1n) is 9.98. The van der Waals surface area contributed by atoms with E-state index in [4.69, 9.17) is 4.74 Å². The molecule has 0 saturated heterocycles. The first kappa shape index (κ1) is 21.1. The van der Waals surface area contributed by atoms with Crippen LogP contribution in [-0.2, 0) is 24.2 Å². The number of carbonyl (C=O) groups is 1. The Morgan fingerprint density at radius 2 is 2.21 bits per heavy atom. The predicted octanol–water partition coefficient (Wildman–Crippen LogP) is 2.96. The smallest absolute Gasteiger partial charge is 0.280 e. The van der Waals surface area contributed by atoms with Gasteiger partial charge in [-0.2, -0.15) is 5.26 Å². The molecule has 1 aromatic carbocycles. The molecular formula is C23H28N3O2S+. The summed E-state index contributed by atoms with van der Waals surface area (Å²) >= 11 is 1.57. The lowest BCUT2D eigenvalue weighted by Crippen LogP contribution is -3.08. The van der Waals surface area contributed by atoms with Gasteiger partial charge in [0.05, 0.1) is 12.6 Å². The molecule has 0 fully saturated rings. The Balaban J connectivity index is 1.57. The van der Waals surface area contributed by atoms with Crippen molar-refractivity contribution in [2.75, 3.05) is 25.5 Å². The van der Waals surface area contributed by atoms with E-state index in [0.29, 0.717) is 29.6 Å². The maximum Gasteiger partial charge on any atom is 0.280 e. The molecule has 5 nitrogen and oxygen atoms in total. The Morgan fingerprint density at radius 1 is 1.45 bits per heavy atom. The summed E-state index contributed by atoms with van der Waals surface area (Å²) in [6.45, 7) is 7.45. The van der Waals surface area contributed by atoms with E-state index < -0.39 is 0 Å². The van der Waals surface area contributed by atoms with Gasteiger partial charge in [0.25, 0.3) is 5.91 Å². The number of nitriles is 1. The minimum Gasteiger partial charge on any atom is -0.490 e. The Morgan fingerprint density at radius 3 is 2.90 bits per heavy atom. The number of hydrogen-bond acceptors (Lipinski definition) is 4. The molecule has 1 aliphatic carbocycles. The molecule has 0 saturated carbocycles. The zero-order valence-electron chi connectivity index (χ0n) is 17.1. The molecule has 0 radical (unpaired) electrons. The summed E-state index contributed by atoms with van der Waals surface area (Å²) in [7, 11) is 1.99. The van der Waals surface area contributed by atoms with Crippen LogP contribution in [0.2, 0.25) is 0 Å². The molecule has 1 aromatic heterocycles. The molecule has 2 atom stereocenters. The van der Waals surface area contributed by atoms with Gasteiger partial charge in [0.15, 0.2) is 6.54 Å². The zero-order valence-corrected chi connectivity index (χ0v) is 17.9. The maximum absolute atomic E-state index is 12.6. The van der Waals surface area contributed by atoms with Gasteiger partial charge >= 0.3 is 0 Å². The van der Waals surface area contributed by atoms with Crippen LogP contribution in [0.1, 0.15) is 34.9 Å². The molecule has 1 heterocycles. The standard InChI is InChI=1S/C23H27N3O2S/c1-4-11-28-18-8-6-17(7-9-18)14-26(3)15-22(27)25-23-20(13-24)19-10-5-16(2)12-21(19)29-23/h4,6-9,16H,1,5,10-12,14-15H2,2-3H3,(H,25,27)/p+1/t16-/m0/s1. The Kier molecular flexibility index (Phi) is 7.08. The summed E-state index contributed by atoms with van der Waals surface area (Å²) in [6, 6.07) is 10.2. The van der Waals surface area contributed by atoms with Crippen molar-refractivity contribution < 1.29 is 14.4 Å². The average Bonchev–Trinajstić information content (AvgIpc) is 3.02. The van der Waals surface area contributed by atoms with E-state index in [1.807, 2.05) is 31.3 Å². The van der Waals surface area contributed by atoms with Crippen molar-refractivity contribution in [3.8, 4) is 11.8 Å². The normalized spacial score (nSPS) is 16.4. The van der Waals surface area contributed by atoms with Crippen LogP contribution in [0.4, 0.5) is 5.00 Å². The second-order valence-electron chi connectivity index (χ2n) is 7.77. The van der Waals surface area contributed by atoms with Gasteiger partial charge in [-0.1, -0.05) is 19.6 Å². The van der Waals surface area contributed by atoms with Crippen molar-refractivity contribution in [3.63, 3.8) is 0 Å². The number of amides is 1. The summed E-state index contributed by atoms with van der Waals surface area (Å²) in [4.78, 5) is 14.9. The second kappa shape index (κ2) is 9.73. The van der Waals surface area contributed by atoms with Crippen molar-refractivity contribution in [1.29, 1.82) is 5.26 Å². The Hall–Kier alpha value is -2.62. The van der Waals surface area contributed by atoms with Crippen molar-refractivity contribution in [3.05, 3.63) is 58.5 Å². The molecule has 0 bridgehead atoms. The quantitative estimate of drug-likeness (QED) is 0.658. The number of nitrogens with one attached hydrogen (secondary N) is 2. The highest BCUT2D eigenvalue weighted by atomic mass is 32.1. The van der Waals surface area contributed by atoms with Crippen molar-refractivity contribution in [1.82, 2.24) is 0 Å². The van der Waals surface area contributed by atoms with Crippen molar-refractivity contribution in [2.24, 2.45) is 5.92 Å². The van der Waals surface area contributed by atoms with Crippen LogP contribution >= 0.6 is 11.3 Å². The van der Waals surface area contributed by atoms with Gasteiger partial charge in [-0.15, -0.1) is 11.3 Å². The molecule has 1 unspecified atom stereocenters. The average molecular weight is 411 g/mol. The number of quaternary nitrogens is 1. The highest BCUT2D eigenvalue weighted by molar-refractivity contribution is 7.16. The molecule has 152 valence electrons. The monoisotopic (exact) mass is 410 g/mol. The predicted molar refractivity (Wildman–Crippen MR) is 116 cm³/mol. The largest absolute Gasteiger partial charge is 0.490 e. The molecule has 3 rings (SSSR count). The number of carbonyl (C=O) groups excluding carboxylic acids is 1. The van der Waals surface area contributed by atoms with E-state index in [1.54, 1.807) is 17.4 Å². The second-order valence-corrected chi connectivity index (χ2v) is 8.88. The molecule has 1 aliphatic rings. The molecule has 0 aliphatic heterocycles. The summed E-state index contributed by atoms with van der Waals surface area (Å²) in [5.41, 5.74) is 2.95. The van der Waals surface area contributed by atoms with Gasteiger partial charge in [0, 0.05) is 10.4 Å². The maximum atomic E-state index is 12.6. The first-order valence-corrected chi connectivity index (χ1v) is 10.8. The Bertz CT molecular complexity index is 911. The van der Waals surface area contributed by atoms with Crippen molar-refractivity contribution >= 4 is 22.2 Å². The molecule has 0 spiro atoms. The lowest BCUT2D eigenvalue weighted by Gasteiger charge is -2.17. The minimum absolute atomic E-state index is 0.0587. The van der Waals surface area contributed by atoms with E-state index in [1.165, 1.54) is 4.88 Å². The fourth-order valence-electron chi connectivity index (χ4n) is 3.67. The molecule has 29 heavy (non-hydrogen) atoms. The van der Waals surface area contributed by atoms with Gasteiger partial charge in [-0.25, -0.2) is 0 Å². The van der Waals surface area contributed by atoms with Crippen LogP contribution < -0.4 is 15.0 Å². The van der Waals surface area contributed by atoms with Crippen LogP contribution in [0, 0.1) is 17.2 Å². The summed E-state index contributed by atoms with van der Waals surface area (Å²) in [5.74, 6) is 1.39. The highest BCUT2D eigenvalue weighted by Gasteiger charge is 2.25. The number of rotatable bonds is 8. The van der Waals surface area contributed by atoms with Gasteiger partial charge in [0.2, 0.25) is 0 Å². The third-order valence-corrected chi connectivity index (χ3v) is 6.31. The summed E-state index contributed by atoms with van der Waals surface area (Å²) in [5, 5.41) is 13.3. The third-order valence-electron chi connectivity index (χ3n) is 5.14. The van der Waals surface area contributed by atoms with E-state index >= 15 is 0 Å².